The predicted molar refractivity (Wildman–Crippen MR) is 58.3 cm³/mol. The number of aliphatic carboxylic acids is 1. The average molecular weight is 236 g/mol. The highest BCUT2D eigenvalue weighted by atomic mass is 16.4. The predicted octanol–water partition coefficient (Wildman–Crippen LogP) is 0.0114. The number of hydrogen-bond acceptors (Lipinski definition) is 4. The number of rotatable bonds is 3. The Hall–Kier alpha value is -1.95. The topological polar surface area (TPSA) is 90.7 Å². The first-order chi connectivity index (χ1) is 8.11. The van der Waals surface area contributed by atoms with Gasteiger partial charge in [-0.15, -0.1) is 0 Å². The van der Waals surface area contributed by atoms with Crippen LogP contribution in [0.3, 0.4) is 0 Å². The van der Waals surface area contributed by atoms with Gasteiger partial charge in [-0.1, -0.05) is 6.07 Å². The third-order valence-corrected chi connectivity index (χ3v) is 2.74. The minimum absolute atomic E-state index is 0.0127. The van der Waals surface area contributed by atoms with E-state index in [1.807, 2.05) is 0 Å². The van der Waals surface area contributed by atoms with Gasteiger partial charge in [0.1, 0.15) is 5.82 Å². The number of carbonyl (C=O) groups excluding carboxylic acids is 1. The van der Waals surface area contributed by atoms with Crippen LogP contribution in [0.1, 0.15) is 12.0 Å². The summed E-state index contributed by atoms with van der Waals surface area (Å²) in [7, 11) is 0. The van der Waals surface area contributed by atoms with E-state index < -0.39 is 11.9 Å². The standard InChI is InChI=1S/C11H12N2O4/c14-6-7-1-2-9(12-4-7)13-5-8(11(16)17)3-10(13)15/h1-2,4,8,14H,3,5-6H2,(H,16,17). The van der Waals surface area contributed by atoms with Gasteiger partial charge < -0.3 is 10.2 Å². The first-order valence-electron chi connectivity index (χ1n) is 5.20. The Bertz CT molecular complexity index is 443. The van der Waals surface area contributed by atoms with Crippen molar-refractivity contribution in [2.24, 2.45) is 5.92 Å². The average Bonchev–Trinajstić information content (AvgIpc) is 2.72. The lowest BCUT2D eigenvalue weighted by molar-refractivity contribution is -0.141. The molecule has 1 aromatic rings. The van der Waals surface area contributed by atoms with Crippen molar-refractivity contribution in [3.63, 3.8) is 0 Å². The molecule has 6 nitrogen and oxygen atoms in total. The minimum atomic E-state index is -0.965. The number of carboxylic acid groups (broad SMARTS) is 1. The second-order valence-corrected chi connectivity index (χ2v) is 3.93. The number of nitrogens with zero attached hydrogens (tertiary/aromatic N) is 2. The number of pyridine rings is 1. The van der Waals surface area contributed by atoms with Crippen molar-refractivity contribution in [3.8, 4) is 0 Å². The Kier molecular flexibility index (Phi) is 3.06. The Morgan fingerprint density at radius 1 is 1.53 bits per heavy atom. The van der Waals surface area contributed by atoms with Gasteiger partial charge in [0.25, 0.3) is 0 Å². The zero-order valence-corrected chi connectivity index (χ0v) is 9.04. The molecule has 6 heteroatoms. The summed E-state index contributed by atoms with van der Waals surface area (Å²) < 4.78 is 0. The van der Waals surface area contributed by atoms with Gasteiger partial charge in [-0.05, 0) is 11.6 Å². The number of hydrogen-bond donors (Lipinski definition) is 2. The van der Waals surface area contributed by atoms with E-state index in [1.165, 1.54) is 11.1 Å². The highest BCUT2D eigenvalue weighted by Gasteiger charge is 2.35. The lowest BCUT2D eigenvalue weighted by Gasteiger charge is -2.14. The van der Waals surface area contributed by atoms with E-state index in [4.69, 9.17) is 10.2 Å². The van der Waals surface area contributed by atoms with Crippen LogP contribution >= 0.6 is 0 Å². The van der Waals surface area contributed by atoms with Crippen LogP contribution in [0.15, 0.2) is 18.3 Å². The maximum atomic E-state index is 11.6. The molecule has 1 fully saturated rings. The fourth-order valence-electron chi connectivity index (χ4n) is 1.76. The van der Waals surface area contributed by atoms with Crippen LogP contribution in [-0.2, 0) is 16.2 Å². The van der Waals surface area contributed by atoms with Gasteiger partial charge in [0.15, 0.2) is 0 Å². The van der Waals surface area contributed by atoms with Gasteiger partial charge in [-0.3, -0.25) is 14.5 Å². The SMILES string of the molecule is O=C(O)C1CC(=O)N(c2ccc(CO)cn2)C1. The fraction of sp³-hybridized carbons (Fsp3) is 0.364. The Morgan fingerprint density at radius 2 is 2.29 bits per heavy atom. The van der Waals surface area contributed by atoms with Crippen LogP contribution in [0, 0.1) is 5.92 Å². The molecule has 0 radical (unpaired) electrons. The quantitative estimate of drug-likeness (QED) is 0.771. The lowest BCUT2D eigenvalue weighted by atomic mass is 10.1. The van der Waals surface area contributed by atoms with E-state index in [0.29, 0.717) is 11.4 Å². The number of carboxylic acids is 1. The van der Waals surface area contributed by atoms with E-state index in [1.54, 1.807) is 12.1 Å². The molecule has 1 unspecified atom stereocenters. The van der Waals surface area contributed by atoms with Crippen molar-refractivity contribution in [2.75, 3.05) is 11.4 Å². The molecule has 0 spiro atoms. The van der Waals surface area contributed by atoms with E-state index >= 15 is 0 Å². The fourth-order valence-corrected chi connectivity index (χ4v) is 1.76. The summed E-state index contributed by atoms with van der Waals surface area (Å²) in [6.07, 6.45) is 1.48. The summed E-state index contributed by atoms with van der Waals surface area (Å²) >= 11 is 0. The third kappa shape index (κ3) is 2.26. The molecule has 2 rings (SSSR count). The molecule has 1 aliphatic rings. The van der Waals surface area contributed by atoms with Crippen LogP contribution in [0.25, 0.3) is 0 Å². The molecule has 1 aliphatic heterocycles. The zero-order chi connectivity index (χ0) is 12.4. The summed E-state index contributed by atoms with van der Waals surface area (Å²) in [4.78, 5) is 27.8. The molecule has 1 saturated heterocycles. The van der Waals surface area contributed by atoms with Crippen molar-refractivity contribution in [1.82, 2.24) is 4.98 Å². The number of anilines is 1. The third-order valence-electron chi connectivity index (χ3n) is 2.74. The molecule has 2 N–H and O–H groups in total. The Labute approximate surface area is 97.5 Å². The van der Waals surface area contributed by atoms with Crippen molar-refractivity contribution in [3.05, 3.63) is 23.9 Å². The smallest absolute Gasteiger partial charge is 0.308 e. The van der Waals surface area contributed by atoms with Crippen molar-refractivity contribution < 1.29 is 19.8 Å². The van der Waals surface area contributed by atoms with Gasteiger partial charge in [0, 0.05) is 19.2 Å². The van der Waals surface area contributed by atoms with Gasteiger partial charge in [-0.2, -0.15) is 0 Å². The Morgan fingerprint density at radius 3 is 2.76 bits per heavy atom. The molecule has 1 atom stereocenters. The monoisotopic (exact) mass is 236 g/mol. The molecule has 0 aromatic carbocycles. The van der Waals surface area contributed by atoms with E-state index in [-0.39, 0.29) is 25.5 Å². The van der Waals surface area contributed by atoms with Crippen LogP contribution < -0.4 is 4.90 Å². The molecule has 1 amide bonds. The second-order valence-electron chi connectivity index (χ2n) is 3.93. The van der Waals surface area contributed by atoms with Crippen molar-refractivity contribution >= 4 is 17.7 Å². The van der Waals surface area contributed by atoms with Crippen LogP contribution in [0.2, 0.25) is 0 Å². The van der Waals surface area contributed by atoms with E-state index in [0.717, 1.165) is 0 Å². The molecule has 0 bridgehead atoms. The lowest BCUT2D eigenvalue weighted by Crippen LogP contribution is -2.26. The summed E-state index contributed by atoms with van der Waals surface area (Å²) in [6.45, 7) is 0.0403. The van der Waals surface area contributed by atoms with Gasteiger partial charge in [0.2, 0.25) is 5.91 Å². The minimum Gasteiger partial charge on any atom is -0.481 e. The zero-order valence-electron chi connectivity index (χ0n) is 9.04. The normalized spacial score (nSPS) is 19.7. The van der Waals surface area contributed by atoms with Crippen molar-refractivity contribution in [1.29, 1.82) is 0 Å². The summed E-state index contributed by atoms with van der Waals surface area (Å²) in [5.74, 6) is -1.44. The van der Waals surface area contributed by atoms with E-state index in [9.17, 15) is 9.59 Å². The molecule has 2 heterocycles. The highest BCUT2D eigenvalue weighted by molar-refractivity contribution is 5.98. The number of aliphatic hydroxyl groups excluding tert-OH is 1. The van der Waals surface area contributed by atoms with Crippen molar-refractivity contribution in [2.45, 2.75) is 13.0 Å². The molecule has 1 aromatic heterocycles. The Balaban J connectivity index is 2.17. The summed E-state index contributed by atoms with van der Waals surface area (Å²) in [5, 5.41) is 17.7. The molecular weight excluding hydrogens is 224 g/mol. The molecular formula is C11H12N2O4. The molecule has 0 saturated carbocycles. The number of aliphatic hydroxyl groups is 1. The van der Waals surface area contributed by atoms with Gasteiger partial charge in [0.05, 0.1) is 12.5 Å². The van der Waals surface area contributed by atoms with E-state index in [2.05, 4.69) is 4.98 Å². The summed E-state index contributed by atoms with van der Waals surface area (Å²) in [6, 6.07) is 3.26. The maximum absolute atomic E-state index is 11.6. The maximum Gasteiger partial charge on any atom is 0.308 e. The van der Waals surface area contributed by atoms with Crippen LogP contribution in [0.5, 0.6) is 0 Å². The molecule has 0 aliphatic carbocycles. The molecule has 17 heavy (non-hydrogen) atoms. The molecule has 90 valence electrons. The number of aromatic nitrogens is 1. The number of amides is 1. The second kappa shape index (κ2) is 4.50. The largest absolute Gasteiger partial charge is 0.481 e. The summed E-state index contributed by atoms with van der Waals surface area (Å²) in [5.41, 5.74) is 0.648. The van der Waals surface area contributed by atoms with Crippen LogP contribution in [0.4, 0.5) is 5.82 Å². The highest BCUT2D eigenvalue weighted by Crippen LogP contribution is 2.23. The first-order valence-corrected chi connectivity index (χ1v) is 5.20. The number of carbonyl (C=O) groups is 2. The van der Waals surface area contributed by atoms with Gasteiger partial charge >= 0.3 is 5.97 Å². The van der Waals surface area contributed by atoms with Gasteiger partial charge in [-0.25, -0.2) is 4.98 Å². The van der Waals surface area contributed by atoms with Crippen LogP contribution in [-0.4, -0.2) is 33.6 Å². The first kappa shape index (κ1) is 11.5.